The molecule has 10 nitrogen and oxygen atoms in total. The van der Waals surface area contributed by atoms with E-state index in [2.05, 4.69) is 25.3 Å². The summed E-state index contributed by atoms with van der Waals surface area (Å²) in [5.41, 5.74) is -1.90. The van der Waals surface area contributed by atoms with Gasteiger partial charge in [-0.2, -0.15) is 18.3 Å². The number of anilines is 2. The number of piperazine rings is 1. The molecule has 4 rings (SSSR count). The lowest BCUT2D eigenvalue weighted by Gasteiger charge is -2.44. The average molecular weight is 524 g/mol. The van der Waals surface area contributed by atoms with Crippen LogP contribution < -0.4 is 15.8 Å². The lowest BCUT2D eigenvalue weighted by Crippen LogP contribution is -2.58. The second-order valence-corrected chi connectivity index (χ2v) is 9.84. The minimum Gasteiger partial charge on any atom is -0.379 e. The molecule has 0 unspecified atom stereocenters. The van der Waals surface area contributed by atoms with Gasteiger partial charge in [-0.15, -0.1) is 0 Å². The predicted octanol–water partition coefficient (Wildman–Crippen LogP) is 2.79. The molecule has 1 saturated carbocycles. The molecule has 2 N–H and O–H groups in total. The maximum absolute atomic E-state index is 13.2. The van der Waals surface area contributed by atoms with Crippen LogP contribution in [0.1, 0.15) is 57.1 Å². The van der Waals surface area contributed by atoms with Gasteiger partial charge in [0.15, 0.2) is 0 Å². The van der Waals surface area contributed by atoms with Crippen molar-refractivity contribution in [1.82, 2.24) is 25.1 Å². The van der Waals surface area contributed by atoms with Crippen molar-refractivity contribution < 1.29 is 22.7 Å². The molecule has 1 aliphatic heterocycles. The quantitative estimate of drug-likeness (QED) is 0.482. The van der Waals surface area contributed by atoms with Crippen molar-refractivity contribution in [2.24, 2.45) is 0 Å². The van der Waals surface area contributed by atoms with Gasteiger partial charge in [-0.3, -0.25) is 9.59 Å². The van der Waals surface area contributed by atoms with Crippen LogP contribution in [0.4, 0.5) is 24.8 Å². The first kappa shape index (κ1) is 26.8. The van der Waals surface area contributed by atoms with Gasteiger partial charge in [0.2, 0.25) is 11.9 Å². The molecule has 0 bridgehead atoms. The number of H-pyrrole nitrogens is 1. The van der Waals surface area contributed by atoms with Gasteiger partial charge in [-0.25, -0.2) is 15.1 Å². The first-order chi connectivity index (χ1) is 17.5. The van der Waals surface area contributed by atoms with Crippen LogP contribution in [0.5, 0.6) is 0 Å². The number of hydrogen-bond donors (Lipinski definition) is 2. The highest BCUT2D eigenvalue weighted by Crippen LogP contribution is 2.39. The Morgan fingerprint density at radius 2 is 1.89 bits per heavy atom. The van der Waals surface area contributed by atoms with Gasteiger partial charge in [-0.05, 0) is 45.1 Å². The lowest BCUT2D eigenvalue weighted by atomic mass is 10.1. The molecule has 202 valence electrons. The van der Waals surface area contributed by atoms with E-state index in [1.54, 1.807) is 12.0 Å². The second kappa shape index (κ2) is 11.0. The number of amides is 1. The highest BCUT2D eigenvalue weighted by atomic mass is 19.4. The Labute approximate surface area is 212 Å². The third-order valence-corrected chi connectivity index (χ3v) is 6.64. The van der Waals surface area contributed by atoms with E-state index in [4.69, 9.17) is 4.74 Å². The Kier molecular flexibility index (Phi) is 8.00. The van der Waals surface area contributed by atoms with E-state index in [0.29, 0.717) is 25.0 Å². The van der Waals surface area contributed by atoms with E-state index in [-0.39, 0.29) is 37.6 Å². The minimum atomic E-state index is -4.82. The SMILES string of the molecule is C[C@@H]1CN(C(=O)CCOC[C@H](C)Nc2cn[nH]c(=O)c2C(F)(F)F)[C@@H](C)CN1c1ncc(C2CC2)cn1. The van der Waals surface area contributed by atoms with Crippen molar-refractivity contribution in [1.29, 1.82) is 0 Å². The molecule has 1 saturated heterocycles. The van der Waals surface area contributed by atoms with Gasteiger partial charge in [0.25, 0.3) is 5.56 Å². The van der Waals surface area contributed by atoms with Crippen LogP contribution in [0.2, 0.25) is 0 Å². The van der Waals surface area contributed by atoms with Gasteiger partial charge >= 0.3 is 6.18 Å². The number of ether oxygens (including phenoxy) is 1. The van der Waals surface area contributed by atoms with Gasteiger partial charge in [-0.1, -0.05) is 0 Å². The fourth-order valence-electron chi connectivity index (χ4n) is 4.52. The monoisotopic (exact) mass is 523 g/mol. The number of rotatable bonds is 9. The highest BCUT2D eigenvalue weighted by molar-refractivity contribution is 5.77. The normalized spacial score (nSPS) is 21.1. The fraction of sp³-hybridized carbons (Fsp3) is 0.625. The smallest absolute Gasteiger partial charge is 0.379 e. The number of aromatic amines is 1. The Bertz CT molecular complexity index is 1140. The maximum atomic E-state index is 13.2. The summed E-state index contributed by atoms with van der Waals surface area (Å²) in [4.78, 5) is 37.5. The predicted molar refractivity (Wildman–Crippen MR) is 130 cm³/mol. The van der Waals surface area contributed by atoms with E-state index >= 15 is 0 Å². The largest absolute Gasteiger partial charge is 0.423 e. The van der Waals surface area contributed by atoms with Crippen molar-refractivity contribution in [2.75, 3.05) is 36.5 Å². The summed E-state index contributed by atoms with van der Waals surface area (Å²) in [6.45, 7) is 6.95. The zero-order valence-electron chi connectivity index (χ0n) is 21.1. The van der Waals surface area contributed by atoms with E-state index in [0.717, 1.165) is 6.20 Å². The number of alkyl halides is 3. The lowest BCUT2D eigenvalue weighted by molar-refractivity contribution is -0.138. The summed E-state index contributed by atoms with van der Waals surface area (Å²) in [6, 6.07) is -0.545. The summed E-state index contributed by atoms with van der Waals surface area (Å²) < 4.78 is 45.1. The van der Waals surface area contributed by atoms with Crippen LogP contribution in [0, 0.1) is 0 Å². The zero-order chi connectivity index (χ0) is 26.7. The van der Waals surface area contributed by atoms with Crippen molar-refractivity contribution in [3.8, 4) is 0 Å². The molecular weight excluding hydrogens is 491 g/mol. The Balaban J connectivity index is 1.23. The molecular formula is C24H32F3N7O3. The zero-order valence-corrected chi connectivity index (χ0v) is 21.1. The van der Waals surface area contributed by atoms with Crippen LogP contribution in [0.3, 0.4) is 0 Å². The van der Waals surface area contributed by atoms with Gasteiger partial charge < -0.3 is 19.9 Å². The number of nitrogens with one attached hydrogen (secondary N) is 2. The average Bonchev–Trinajstić information content (AvgIpc) is 3.68. The van der Waals surface area contributed by atoms with Gasteiger partial charge in [0.05, 0.1) is 31.5 Å². The molecule has 2 fully saturated rings. The summed E-state index contributed by atoms with van der Waals surface area (Å²) in [6.07, 6.45) is 2.43. The number of carbonyl (C=O) groups excluding carboxylic acids is 1. The second-order valence-electron chi connectivity index (χ2n) is 9.84. The number of aromatic nitrogens is 4. The number of carbonyl (C=O) groups is 1. The first-order valence-corrected chi connectivity index (χ1v) is 12.4. The molecule has 0 radical (unpaired) electrons. The summed E-state index contributed by atoms with van der Waals surface area (Å²) in [7, 11) is 0. The van der Waals surface area contributed by atoms with Crippen molar-refractivity contribution in [3.63, 3.8) is 0 Å². The van der Waals surface area contributed by atoms with Gasteiger partial charge in [0, 0.05) is 43.6 Å². The van der Waals surface area contributed by atoms with Crippen LogP contribution >= 0.6 is 0 Å². The Morgan fingerprint density at radius 1 is 1.19 bits per heavy atom. The van der Waals surface area contributed by atoms with Crippen molar-refractivity contribution in [2.45, 2.75) is 70.3 Å². The molecule has 0 spiro atoms. The molecule has 3 heterocycles. The molecule has 13 heteroatoms. The third kappa shape index (κ3) is 6.56. The molecule has 1 amide bonds. The standard InChI is InChI=1S/C24H32F3N7O3/c1-14(31-19-10-30-32-22(36)21(19)24(25,26)27)13-37-7-6-20(35)33-11-16(3)34(12-15(33)2)23-28-8-18(9-29-23)17-4-5-17/h8-10,14-17H,4-7,11-13H2,1-3H3,(H2,31,32,36)/t14-,15-,16+/m0/s1. The topological polar surface area (TPSA) is 116 Å². The number of hydrogen-bond acceptors (Lipinski definition) is 8. The summed E-state index contributed by atoms with van der Waals surface area (Å²) >= 11 is 0. The van der Waals surface area contributed by atoms with Crippen LogP contribution in [-0.4, -0.2) is 75.4 Å². The number of nitrogens with zero attached hydrogens (tertiary/aromatic N) is 5. The van der Waals surface area contributed by atoms with Crippen LogP contribution in [0.15, 0.2) is 23.4 Å². The molecule has 2 aliphatic rings. The van der Waals surface area contributed by atoms with Gasteiger partial charge in [0.1, 0.15) is 5.56 Å². The van der Waals surface area contributed by atoms with E-state index in [1.165, 1.54) is 18.4 Å². The highest BCUT2D eigenvalue weighted by Gasteiger charge is 2.38. The van der Waals surface area contributed by atoms with Crippen LogP contribution in [0.25, 0.3) is 0 Å². The Morgan fingerprint density at radius 3 is 2.54 bits per heavy atom. The first-order valence-electron chi connectivity index (χ1n) is 12.4. The molecule has 1 aliphatic carbocycles. The summed E-state index contributed by atoms with van der Waals surface area (Å²) in [5.74, 6) is 1.21. The van der Waals surface area contributed by atoms with Crippen molar-refractivity contribution >= 4 is 17.5 Å². The maximum Gasteiger partial charge on any atom is 0.423 e. The molecule has 2 aromatic heterocycles. The molecule has 2 aromatic rings. The summed E-state index contributed by atoms with van der Waals surface area (Å²) in [5, 5.41) is 7.84. The van der Waals surface area contributed by atoms with E-state index in [9.17, 15) is 22.8 Å². The van der Waals surface area contributed by atoms with E-state index < -0.39 is 29.0 Å². The minimum absolute atomic E-state index is 0.0412. The van der Waals surface area contributed by atoms with Crippen molar-refractivity contribution in [3.05, 3.63) is 40.1 Å². The third-order valence-electron chi connectivity index (χ3n) is 6.64. The fourth-order valence-corrected chi connectivity index (χ4v) is 4.52. The van der Waals surface area contributed by atoms with Crippen LogP contribution in [-0.2, 0) is 15.7 Å². The Hall–Kier alpha value is -3.22. The molecule has 0 aromatic carbocycles. The number of halogens is 3. The van der Waals surface area contributed by atoms with E-state index in [1.807, 2.05) is 31.1 Å². The molecule has 3 atom stereocenters. The molecule has 37 heavy (non-hydrogen) atoms.